The molecule has 0 saturated carbocycles. The summed E-state index contributed by atoms with van der Waals surface area (Å²) in [4.78, 5) is 17.9. The second-order valence-corrected chi connectivity index (χ2v) is 9.84. The Bertz CT molecular complexity index is 1750. The Labute approximate surface area is 234 Å². The Morgan fingerprint density at radius 3 is 2.51 bits per heavy atom. The van der Waals surface area contributed by atoms with Gasteiger partial charge < -0.3 is 4.74 Å². The summed E-state index contributed by atoms with van der Waals surface area (Å²) in [6.07, 6.45) is -3.19. The van der Waals surface area contributed by atoms with Crippen LogP contribution in [-0.4, -0.2) is 15.9 Å². The van der Waals surface area contributed by atoms with Crippen LogP contribution >= 0.6 is 27.5 Å². The van der Waals surface area contributed by atoms with Gasteiger partial charge in [-0.3, -0.25) is 4.79 Å². The molecule has 0 N–H and O–H groups in total. The SMILES string of the molecule is O=c1c2ccccc2nc(-c2cccc(C(F)(F)F)c2)n1N=Cc1cc(Cl)ccc1OCc1ccc(Br)cc1. The third kappa shape index (κ3) is 6.05. The topological polar surface area (TPSA) is 56.5 Å². The van der Waals surface area contributed by atoms with Gasteiger partial charge in [-0.25, -0.2) is 4.98 Å². The summed E-state index contributed by atoms with van der Waals surface area (Å²) in [5, 5.41) is 5.03. The molecule has 0 saturated heterocycles. The van der Waals surface area contributed by atoms with Crippen LogP contribution in [0.3, 0.4) is 0 Å². The highest BCUT2D eigenvalue weighted by Gasteiger charge is 2.31. The van der Waals surface area contributed by atoms with E-state index >= 15 is 0 Å². The molecule has 5 rings (SSSR count). The number of benzene rings is 4. The average Bonchev–Trinajstić information content (AvgIpc) is 2.92. The first-order valence-electron chi connectivity index (χ1n) is 11.6. The van der Waals surface area contributed by atoms with Gasteiger partial charge in [0.25, 0.3) is 5.56 Å². The van der Waals surface area contributed by atoms with E-state index in [2.05, 4.69) is 26.0 Å². The van der Waals surface area contributed by atoms with Gasteiger partial charge in [0.05, 0.1) is 22.7 Å². The fourth-order valence-corrected chi connectivity index (χ4v) is 4.31. The summed E-state index contributed by atoms with van der Waals surface area (Å²) in [6.45, 7) is 0.267. The lowest BCUT2D eigenvalue weighted by Crippen LogP contribution is -2.20. The molecule has 1 aromatic heterocycles. The van der Waals surface area contributed by atoms with Crippen molar-refractivity contribution in [3.05, 3.63) is 128 Å². The van der Waals surface area contributed by atoms with E-state index in [1.807, 2.05) is 24.3 Å². The zero-order chi connectivity index (χ0) is 27.6. The number of nitrogens with zero attached hydrogens (tertiary/aromatic N) is 3. The highest BCUT2D eigenvalue weighted by Crippen LogP contribution is 2.32. The minimum absolute atomic E-state index is 0.0413. The lowest BCUT2D eigenvalue weighted by molar-refractivity contribution is -0.137. The second-order valence-electron chi connectivity index (χ2n) is 8.49. The number of para-hydroxylation sites is 1. The van der Waals surface area contributed by atoms with Crippen molar-refractivity contribution >= 4 is 44.6 Å². The third-order valence-corrected chi connectivity index (χ3v) is 6.56. The van der Waals surface area contributed by atoms with Crippen LogP contribution in [0.5, 0.6) is 5.75 Å². The summed E-state index contributed by atoms with van der Waals surface area (Å²) in [7, 11) is 0. The molecule has 1 heterocycles. The van der Waals surface area contributed by atoms with Crippen molar-refractivity contribution in [2.75, 3.05) is 0 Å². The molecule has 196 valence electrons. The van der Waals surface area contributed by atoms with Crippen LogP contribution in [0.1, 0.15) is 16.7 Å². The highest BCUT2D eigenvalue weighted by molar-refractivity contribution is 9.10. The van der Waals surface area contributed by atoms with Gasteiger partial charge in [-0.05, 0) is 60.2 Å². The molecule has 0 fully saturated rings. The van der Waals surface area contributed by atoms with Crippen LogP contribution in [0.4, 0.5) is 13.2 Å². The molecule has 0 atom stereocenters. The Balaban J connectivity index is 1.59. The predicted octanol–water partition coefficient (Wildman–Crippen LogP) is 7.96. The van der Waals surface area contributed by atoms with E-state index in [1.165, 1.54) is 18.3 Å². The molecule has 0 unspecified atom stereocenters. The van der Waals surface area contributed by atoms with Crippen LogP contribution in [0, 0.1) is 0 Å². The van der Waals surface area contributed by atoms with E-state index in [4.69, 9.17) is 16.3 Å². The molecule has 0 radical (unpaired) electrons. The largest absolute Gasteiger partial charge is 0.488 e. The lowest BCUT2D eigenvalue weighted by atomic mass is 10.1. The number of rotatable bonds is 6. The van der Waals surface area contributed by atoms with E-state index in [0.29, 0.717) is 21.9 Å². The van der Waals surface area contributed by atoms with Crippen molar-refractivity contribution in [1.29, 1.82) is 0 Å². The van der Waals surface area contributed by atoms with E-state index in [-0.39, 0.29) is 23.4 Å². The normalized spacial score (nSPS) is 11.8. The van der Waals surface area contributed by atoms with Gasteiger partial charge >= 0.3 is 6.18 Å². The van der Waals surface area contributed by atoms with Crippen molar-refractivity contribution in [3.63, 3.8) is 0 Å². The number of aromatic nitrogens is 2. The maximum absolute atomic E-state index is 13.4. The van der Waals surface area contributed by atoms with E-state index in [1.54, 1.807) is 42.5 Å². The van der Waals surface area contributed by atoms with Gasteiger partial charge in [-0.15, -0.1) is 0 Å². The van der Waals surface area contributed by atoms with E-state index in [0.717, 1.165) is 26.8 Å². The number of alkyl halides is 3. The van der Waals surface area contributed by atoms with Crippen molar-refractivity contribution in [2.24, 2.45) is 5.10 Å². The summed E-state index contributed by atoms with van der Waals surface area (Å²) in [5.41, 5.74) is 0.415. The fraction of sp³-hybridized carbons (Fsp3) is 0.0690. The Kier molecular flexibility index (Phi) is 7.54. The maximum atomic E-state index is 13.4. The molecule has 10 heteroatoms. The van der Waals surface area contributed by atoms with Crippen LogP contribution in [0.25, 0.3) is 22.3 Å². The smallest absolute Gasteiger partial charge is 0.416 e. The number of halogens is 5. The summed E-state index contributed by atoms with van der Waals surface area (Å²) >= 11 is 9.62. The van der Waals surface area contributed by atoms with Gasteiger partial charge in [0, 0.05) is 20.6 Å². The molecule has 0 bridgehead atoms. The molecule has 5 aromatic rings. The standard InChI is InChI=1S/C29H18BrClF3N3O2/c30-22-10-8-18(9-11-22)17-39-26-13-12-23(31)15-20(26)16-35-37-27(19-4-3-5-21(14-19)29(32,33)34)36-25-7-2-1-6-24(25)28(37)38/h1-16H,17H2. The average molecular weight is 613 g/mol. The van der Waals surface area contributed by atoms with Crippen LogP contribution in [-0.2, 0) is 12.8 Å². The number of hydrogen-bond donors (Lipinski definition) is 0. The third-order valence-electron chi connectivity index (χ3n) is 5.79. The van der Waals surface area contributed by atoms with Crippen LogP contribution in [0.15, 0.2) is 105 Å². The van der Waals surface area contributed by atoms with Gasteiger partial charge in [-0.2, -0.15) is 22.9 Å². The molecule has 4 aromatic carbocycles. The van der Waals surface area contributed by atoms with Gasteiger partial charge in [0.15, 0.2) is 5.82 Å². The van der Waals surface area contributed by atoms with E-state index < -0.39 is 17.3 Å². The van der Waals surface area contributed by atoms with E-state index in [9.17, 15) is 18.0 Å². The lowest BCUT2D eigenvalue weighted by Gasteiger charge is -2.13. The van der Waals surface area contributed by atoms with Crippen LogP contribution in [0.2, 0.25) is 5.02 Å². The monoisotopic (exact) mass is 611 g/mol. The summed E-state index contributed by atoms with van der Waals surface area (Å²) < 4.78 is 48.2. The second kappa shape index (κ2) is 11.0. The van der Waals surface area contributed by atoms with Crippen molar-refractivity contribution < 1.29 is 17.9 Å². The van der Waals surface area contributed by atoms with Crippen molar-refractivity contribution in [1.82, 2.24) is 9.66 Å². The Morgan fingerprint density at radius 2 is 1.74 bits per heavy atom. The van der Waals surface area contributed by atoms with Crippen molar-refractivity contribution in [2.45, 2.75) is 12.8 Å². The van der Waals surface area contributed by atoms with Crippen molar-refractivity contribution in [3.8, 4) is 17.1 Å². The first-order valence-corrected chi connectivity index (χ1v) is 12.8. The molecule has 0 spiro atoms. The van der Waals surface area contributed by atoms with Gasteiger partial charge in [-0.1, -0.05) is 63.9 Å². The predicted molar refractivity (Wildman–Crippen MR) is 149 cm³/mol. The summed E-state index contributed by atoms with van der Waals surface area (Å²) in [5.74, 6) is 0.411. The number of hydrogen-bond acceptors (Lipinski definition) is 4. The minimum atomic E-state index is -4.57. The molecule has 0 amide bonds. The number of fused-ring (bicyclic) bond motifs is 1. The minimum Gasteiger partial charge on any atom is -0.488 e. The maximum Gasteiger partial charge on any atom is 0.416 e. The zero-order valence-electron chi connectivity index (χ0n) is 20.0. The Hall–Kier alpha value is -3.95. The van der Waals surface area contributed by atoms with Crippen LogP contribution < -0.4 is 10.3 Å². The molecule has 0 aliphatic carbocycles. The molecular weight excluding hydrogens is 595 g/mol. The number of ether oxygens (including phenoxy) is 1. The zero-order valence-corrected chi connectivity index (χ0v) is 22.3. The van der Waals surface area contributed by atoms with Gasteiger partial charge in [0.1, 0.15) is 12.4 Å². The molecule has 5 nitrogen and oxygen atoms in total. The Morgan fingerprint density at radius 1 is 0.974 bits per heavy atom. The molecular formula is C29H18BrClF3N3O2. The molecule has 39 heavy (non-hydrogen) atoms. The quantitative estimate of drug-likeness (QED) is 0.183. The summed E-state index contributed by atoms with van der Waals surface area (Å²) in [6, 6.07) is 23.8. The molecule has 0 aliphatic rings. The van der Waals surface area contributed by atoms with Gasteiger partial charge in [0.2, 0.25) is 0 Å². The first kappa shape index (κ1) is 26.6. The highest BCUT2D eigenvalue weighted by atomic mass is 79.9. The fourth-order valence-electron chi connectivity index (χ4n) is 3.87. The first-order chi connectivity index (χ1) is 18.7. The molecule has 0 aliphatic heterocycles.